The number of ketones is 1. The fraction of sp³-hybridized carbons (Fsp3) is 0.850. The Hall–Kier alpha value is -0.630. The third-order valence-corrected chi connectivity index (χ3v) is 9.00. The Kier molecular flexibility index (Phi) is 2.15. The molecule has 0 aromatic heterocycles. The molecule has 5 saturated carbocycles. The van der Waals surface area contributed by atoms with Crippen LogP contribution >= 0.6 is 0 Å². The fourth-order valence-corrected chi connectivity index (χ4v) is 8.01. The minimum Gasteiger partial charge on any atom is -0.327 e. The van der Waals surface area contributed by atoms with E-state index in [0.29, 0.717) is 17.2 Å². The molecular weight excluding hydrogens is 270 g/mol. The molecule has 10 atom stereocenters. The molecule has 0 amide bonds. The van der Waals surface area contributed by atoms with E-state index in [9.17, 15) is 4.79 Å². The average Bonchev–Trinajstić information content (AvgIpc) is 3.39. The van der Waals surface area contributed by atoms with Gasteiger partial charge < -0.3 is 5.73 Å². The van der Waals surface area contributed by atoms with E-state index in [1.54, 1.807) is 5.57 Å². The van der Waals surface area contributed by atoms with Crippen LogP contribution in [0.15, 0.2) is 11.6 Å². The van der Waals surface area contributed by atoms with Gasteiger partial charge in [0.25, 0.3) is 0 Å². The Morgan fingerprint density at radius 1 is 1.09 bits per heavy atom. The van der Waals surface area contributed by atoms with Gasteiger partial charge in [0.2, 0.25) is 0 Å². The molecule has 6 aliphatic carbocycles. The van der Waals surface area contributed by atoms with Gasteiger partial charge in [-0.1, -0.05) is 12.5 Å². The summed E-state index contributed by atoms with van der Waals surface area (Å²) in [4.78, 5) is 11.9. The monoisotopic (exact) mass is 297 g/mol. The number of fused-ring (bicyclic) bond motifs is 10. The van der Waals surface area contributed by atoms with Gasteiger partial charge in [-0.05, 0) is 90.9 Å². The second kappa shape index (κ2) is 3.71. The summed E-state index contributed by atoms with van der Waals surface area (Å²) in [6.45, 7) is 2.53. The van der Waals surface area contributed by atoms with E-state index >= 15 is 0 Å². The van der Waals surface area contributed by atoms with Crippen molar-refractivity contribution in [1.82, 2.24) is 0 Å². The maximum Gasteiger partial charge on any atom is 0.155 e. The number of carbonyl (C=O) groups excluding carboxylic acids is 1. The lowest BCUT2D eigenvalue weighted by molar-refractivity contribution is -0.116. The van der Waals surface area contributed by atoms with E-state index in [1.807, 2.05) is 0 Å². The Balaban J connectivity index is 1.42. The number of allylic oxidation sites excluding steroid dienone is 1. The van der Waals surface area contributed by atoms with Gasteiger partial charge >= 0.3 is 0 Å². The van der Waals surface area contributed by atoms with E-state index in [1.165, 1.54) is 25.7 Å². The Morgan fingerprint density at radius 2 is 1.95 bits per heavy atom. The summed E-state index contributed by atoms with van der Waals surface area (Å²) in [5.74, 6) is 7.42. The zero-order valence-electron chi connectivity index (χ0n) is 13.5. The van der Waals surface area contributed by atoms with Crippen LogP contribution in [0.5, 0.6) is 0 Å². The second-order valence-electron chi connectivity index (χ2n) is 9.66. The van der Waals surface area contributed by atoms with Crippen LogP contribution < -0.4 is 5.73 Å². The third kappa shape index (κ3) is 1.32. The van der Waals surface area contributed by atoms with Crippen LogP contribution in [0.25, 0.3) is 0 Å². The molecular formula is C20H27NO. The SMILES string of the molecule is C[C@]12CC[C@H]3[C@@H]([C@H]4C[C@H]4C4=CC(=O)CC[C@@H]43)[C@@H]1[C@@H]1C[C@@H]1[C@@H]2N. The standard InChI is InChI=1S/C20H27NO/c1-20-5-4-11-10-3-2-9(22)6-12(10)13-7-14(13)17(11)18(20)15-8-16(15)19(20)21/h6,10-11,13-19H,2-5,7-8,21H2,1H3/t10-,11-,13+,14+,15-,16+,17+,18+,19+,20+/m1/s1. The van der Waals surface area contributed by atoms with Crippen molar-refractivity contribution in [2.45, 2.75) is 51.5 Å². The van der Waals surface area contributed by atoms with Gasteiger partial charge in [-0.15, -0.1) is 0 Å². The summed E-state index contributed by atoms with van der Waals surface area (Å²) in [7, 11) is 0. The van der Waals surface area contributed by atoms with Crippen LogP contribution in [-0.2, 0) is 4.79 Å². The van der Waals surface area contributed by atoms with E-state index in [-0.39, 0.29) is 0 Å². The molecule has 0 heterocycles. The molecule has 2 heteroatoms. The lowest BCUT2D eigenvalue weighted by atomic mass is 9.50. The third-order valence-electron chi connectivity index (χ3n) is 9.00. The summed E-state index contributed by atoms with van der Waals surface area (Å²) >= 11 is 0. The Bertz CT molecular complexity index is 609. The lowest BCUT2D eigenvalue weighted by Crippen LogP contribution is -2.52. The van der Waals surface area contributed by atoms with Crippen molar-refractivity contribution in [1.29, 1.82) is 0 Å². The molecule has 5 fully saturated rings. The van der Waals surface area contributed by atoms with E-state index < -0.39 is 0 Å². The van der Waals surface area contributed by atoms with Crippen LogP contribution in [0.3, 0.4) is 0 Å². The number of rotatable bonds is 0. The van der Waals surface area contributed by atoms with Crippen molar-refractivity contribution in [2.24, 2.45) is 58.5 Å². The summed E-state index contributed by atoms with van der Waals surface area (Å²) in [6, 6.07) is 0.477. The summed E-state index contributed by atoms with van der Waals surface area (Å²) in [5.41, 5.74) is 8.71. The lowest BCUT2D eigenvalue weighted by Gasteiger charge is -2.54. The predicted molar refractivity (Wildman–Crippen MR) is 84.8 cm³/mol. The van der Waals surface area contributed by atoms with E-state index in [4.69, 9.17) is 5.73 Å². The first-order valence-corrected chi connectivity index (χ1v) is 9.59. The van der Waals surface area contributed by atoms with E-state index in [2.05, 4.69) is 13.0 Å². The van der Waals surface area contributed by atoms with Gasteiger partial charge in [0.15, 0.2) is 5.78 Å². The largest absolute Gasteiger partial charge is 0.327 e. The molecule has 0 spiro atoms. The van der Waals surface area contributed by atoms with Gasteiger partial charge in [0.1, 0.15) is 0 Å². The molecule has 0 unspecified atom stereocenters. The number of nitrogens with two attached hydrogens (primary N) is 1. The van der Waals surface area contributed by atoms with Gasteiger partial charge in [-0.3, -0.25) is 4.79 Å². The molecule has 118 valence electrons. The van der Waals surface area contributed by atoms with Crippen molar-refractivity contribution in [2.75, 3.05) is 0 Å². The second-order valence-corrected chi connectivity index (χ2v) is 9.66. The first-order valence-electron chi connectivity index (χ1n) is 9.59. The average molecular weight is 297 g/mol. The molecule has 0 saturated heterocycles. The van der Waals surface area contributed by atoms with Crippen LogP contribution in [-0.4, -0.2) is 11.8 Å². The zero-order valence-corrected chi connectivity index (χ0v) is 13.5. The van der Waals surface area contributed by atoms with Crippen molar-refractivity contribution in [3.63, 3.8) is 0 Å². The van der Waals surface area contributed by atoms with E-state index in [0.717, 1.165) is 60.2 Å². The highest BCUT2D eigenvalue weighted by Gasteiger charge is 2.72. The quantitative estimate of drug-likeness (QED) is 0.746. The number of hydrogen-bond acceptors (Lipinski definition) is 2. The summed E-state index contributed by atoms with van der Waals surface area (Å²) in [6.07, 6.45) is 9.57. The minimum absolute atomic E-state index is 0.404. The van der Waals surface area contributed by atoms with Crippen LogP contribution in [0.1, 0.15) is 45.4 Å². The normalized spacial score (nSPS) is 63.8. The van der Waals surface area contributed by atoms with Crippen molar-refractivity contribution < 1.29 is 4.79 Å². The highest BCUT2D eigenvalue weighted by molar-refractivity contribution is 5.91. The highest BCUT2D eigenvalue weighted by atomic mass is 16.1. The van der Waals surface area contributed by atoms with Gasteiger partial charge in [0, 0.05) is 12.5 Å². The van der Waals surface area contributed by atoms with Crippen molar-refractivity contribution in [3.8, 4) is 0 Å². The molecule has 0 bridgehead atoms. The zero-order chi connectivity index (χ0) is 14.8. The fourth-order valence-electron chi connectivity index (χ4n) is 8.01. The van der Waals surface area contributed by atoms with Crippen molar-refractivity contribution in [3.05, 3.63) is 11.6 Å². The van der Waals surface area contributed by atoms with Crippen molar-refractivity contribution >= 4 is 5.78 Å². The van der Waals surface area contributed by atoms with Gasteiger partial charge in [-0.2, -0.15) is 0 Å². The minimum atomic E-state index is 0.404. The Labute approximate surface area is 132 Å². The summed E-state index contributed by atoms with van der Waals surface area (Å²) < 4.78 is 0. The number of hydrogen-bond donors (Lipinski definition) is 1. The maximum absolute atomic E-state index is 11.9. The highest BCUT2D eigenvalue weighted by Crippen LogP contribution is 2.75. The smallest absolute Gasteiger partial charge is 0.155 e. The molecule has 0 aromatic carbocycles. The number of carbonyl (C=O) groups is 1. The predicted octanol–water partition coefficient (Wildman–Crippen LogP) is 3.17. The Morgan fingerprint density at radius 3 is 2.82 bits per heavy atom. The topological polar surface area (TPSA) is 43.1 Å². The molecule has 6 aliphatic rings. The van der Waals surface area contributed by atoms with Crippen LogP contribution in [0, 0.1) is 52.8 Å². The molecule has 0 aromatic rings. The molecule has 0 radical (unpaired) electrons. The maximum atomic E-state index is 11.9. The van der Waals surface area contributed by atoms with Crippen LogP contribution in [0.2, 0.25) is 0 Å². The molecule has 6 rings (SSSR count). The molecule has 2 nitrogen and oxygen atoms in total. The first kappa shape index (κ1) is 12.8. The molecule has 2 N–H and O–H groups in total. The van der Waals surface area contributed by atoms with Crippen LogP contribution in [0.4, 0.5) is 0 Å². The van der Waals surface area contributed by atoms with Gasteiger partial charge in [0.05, 0.1) is 0 Å². The summed E-state index contributed by atoms with van der Waals surface area (Å²) in [5, 5.41) is 0. The van der Waals surface area contributed by atoms with Gasteiger partial charge in [-0.25, -0.2) is 0 Å². The first-order chi connectivity index (χ1) is 10.6. The molecule has 22 heavy (non-hydrogen) atoms. The molecule has 0 aliphatic heterocycles.